The number of anilines is 2. The minimum Gasteiger partial charge on any atom is -0.382 e. The van der Waals surface area contributed by atoms with Gasteiger partial charge in [-0.2, -0.15) is 0 Å². The van der Waals surface area contributed by atoms with Crippen LogP contribution in [-0.4, -0.2) is 35.6 Å². The van der Waals surface area contributed by atoms with E-state index >= 15 is 0 Å². The average molecular weight is 289 g/mol. The smallest absolute Gasteiger partial charge is 0.147 e. The van der Waals surface area contributed by atoms with E-state index in [-0.39, 0.29) is 6.04 Å². The lowest BCUT2D eigenvalue weighted by atomic mass is 10.3. The summed E-state index contributed by atoms with van der Waals surface area (Å²) in [5.74, 6) is 0.905. The van der Waals surface area contributed by atoms with Crippen molar-refractivity contribution in [3.8, 4) is 0 Å². The highest BCUT2D eigenvalue weighted by atomic mass is 35.5. The van der Waals surface area contributed by atoms with Crippen molar-refractivity contribution in [3.05, 3.63) is 16.1 Å². The lowest BCUT2D eigenvalue weighted by Gasteiger charge is -2.22. The lowest BCUT2D eigenvalue weighted by molar-refractivity contribution is 0.327. The summed E-state index contributed by atoms with van der Waals surface area (Å²) >= 11 is 11.9. The number of likely N-dealkylation sites (tertiary alicyclic amines) is 1. The van der Waals surface area contributed by atoms with Crippen molar-refractivity contribution in [2.45, 2.75) is 25.8 Å². The van der Waals surface area contributed by atoms with Gasteiger partial charge in [-0.05, 0) is 38.9 Å². The van der Waals surface area contributed by atoms with E-state index in [0.717, 1.165) is 6.54 Å². The molecule has 1 aliphatic rings. The lowest BCUT2D eigenvalue weighted by Crippen LogP contribution is -2.33. The van der Waals surface area contributed by atoms with E-state index in [2.05, 4.69) is 22.1 Å². The molecule has 0 aliphatic carbocycles. The van der Waals surface area contributed by atoms with Gasteiger partial charge in [0.1, 0.15) is 11.6 Å². The highest BCUT2D eigenvalue weighted by molar-refractivity contribution is 6.37. The molecule has 0 amide bonds. The molecule has 100 valence electrons. The van der Waals surface area contributed by atoms with Gasteiger partial charge in [-0.25, -0.2) is 4.98 Å². The van der Waals surface area contributed by atoms with Crippen LogP contribution in [-0.2, 0) is 0 Å². The van der Waals surface area contributed by atoms with E-state index in [1.54, 1.807) is 6.07 Å². The number of nitrogen functional groups attached to an aromatic ring is 1. The van der Waals surface area contributed by atoms with Crippen LogP contribution in [0.25, 0.3) is 0 Å². The molecule has 0 radical (unpaired) electrons. The van der Waals surface area contributed by atoms with Crippen LogP contribution in [0.5, 0.6) is 0 Å². The third kappa shape index (κ3) is 3.40. The molecule has 1 unspecified atom stereocenters. The molecule has 2 heterocycles. The molecule has 1 aromatic rings. The molecule has 0 aromatic carbocycles. The van der Waals surface area contributed by atoms with Crippen LogP contribution in [0.2, 0.25) is 10.0 Å². The maximum atomic E-state index is 6.08. The first kappa shape index (κ1) is 13.7. The van der Waals surface area contributed by atoms with Gasteiger partial charge in [-0.1, -0.05) is 23.2 Å². The summed E-state index contributed by atoms with van der Waals surface area (Å²) in [7, 11) is 0. The van der Waals surface area contributed by atoms with Gasteiger partial charge in [-0.3, -0.25) is 0 Å². The van der Waals surface area contributed by atoms with Crippen molar-refractivity contribution < 1.29 is 0 Å². The van der Waals surface area contributed by atoms with Crippen molar-refractivity contribution in [3.63, 3.8) is 0 Å². The van der Waals surface area contributed by atoms with Crippen LogP contribution in [0, 0.1) is 0 Å². The average Bonchev–Trinajstić information content (AvgIpc) is 2.78. The van der Waals surface area contributed by atoms with Crippen molar-refractivity contribution in [2.75, 3.05) is 30.7 Å². The molecule has 2 rings (SSSR count). The Morgan fingerprint density at radius 2 is 2.06 bits per heavy atom. The Kier molecular flexibility index (Phi) is 4.54. The van der Waals surface area contributed by atoms with Crippen molar-refractivity contribution >= 4 is 34.8 Å². The third-order valence-corrected chi connectivity index (χ3v) is 3.66. The Hall–Kier alpha value is -0.710. The molecule has 6 heteroatoms. The topological polar surface area (TPSA) is 54.2 Å². The van der Waals surface area contributed by atoms with Crippen molar-refractivity contribution in [2.24, 2.45) is 0 Å². The number of nitrogens with one attached hydrogen (secondary N) is 1. The maximum absolute atomic E-state index is 6.08. The zero-order chi connectivity index (χ0) is 13.1. The quantitative estimate of drug-likeness (QED) is 0.895. The Morgan fingerprint density at radius 1 is 1.39 bits per heavy atom. The molecule has 4 nitrogen and oxygen atoms in total. The SMILES string of the molecule is CC(CN1CCCC1)Nc1nc(N)c(Cl)cc1Cl. The second kappa shape index (κ2) is 5.95. The molecule has 1 saturated heterocycles. The predicted octanol–water partition coefficient (Wildman–Crippen LogP) is 2.87. The largest absolute Gasteiger partial charge is 0.382 e. The first-order chi connectivity index (χ1) is 8.56. The molecular formula is C12H18Cl2N4. The van der Waals surface area contributed by atoms with Crippen LogP contribution >= 0.6 is 23.2 Å². The Balaban J connectivity index is 1.97. The summed E-state index contributed by atoms with van der Waals surface area (Å²) in [6.07, 6.45) is 2.58. The van der Waals surface area contributed by atoms with E-state index < -0.39 is 0 Å². The summed E-state index contributed by atoms with van der Waals surface area (Å²) in [5, 5.41) is 4.17. The number of aromatic nitrogens is 1. The summed E-state index contributed by atoms with van der Waals surface area (Å²) < 4.78 is 0. The fraction of sp³-hybridized carbons (Fsp3) is 0.583. The van der Waals surface area contributed by atoms with Crippen LogP contribution in [0.15, 0.2) is 6.07 Å². The van der Waals surface area contributed by atoms with E-state index in [4.69, 9.17) is 28.9 Å². The third-order valence-electron chi connectivity index (χ3n) is 3.07. The van der Waals surface area contributed by atoms with Gasteiger partial charge in [0.15, 0.2) is 0 Å². The number of nitrogens with zero attached hydrogens (tertiary/aromatic N) is 2. The van der Waals surface area contributed by atoms with E-state index in [1.165, 1.54) is 25.9 Å². The van der Waals surface area contributed by atoms with Gasteiger partial charge in [0.2, 0.25) is 0 Å². The molecule has 3 N–H and O–H groups in total. The minimum atomic E-state index is 0.272. The fourth-order valence-electron chi connectivity index (χ4n) is 2.21. The minimum absolute atomic E-state index is 0.272. The highest BCUT2D eigenvalue weighted by Crippen LogP contribution is 2.27. The Labute approximate surface area is 117 Å². The number of halogens is 2. The second-order valence-corrected chi connectivity index (χ2v) is 5.55. The molecule has 1 fully saturated rings. The van der Waals surface area contributed by atoms with Gasteiger partial charge in [0, 0.05) is 12.6 Å². The van der Waals surface area contributed by atoms with Gasteiger partial charge in [0.25, 0.3) is 0 Å². The number of rotatable bonds is 4. The molecule has 1 aromatic heterocycles. The summed E-state index contributed by atoms with van der Waals surface area (Å²) in [5.41, 5.74) is 5.68. The van der Waals surface area contributed by atoms with E-state index in [0.29, 0.717) is 21.7 Å². The second-order valence-electron chi connectivity index (χ2n) is 4.74. The number of nitrogens with two attached hydrogens (primary N) is 1. The highest BCUT2D eigenvalue weighted by Gasteiger charge is 2.16. The maximum Gasteiger partial charge on any atom is 0.147 e. The predicted molar refractivity (Wildman–Crippen MR) is 77.4 cm³/mol. The zero-order valence-electron chi connectivity index (χ0n) is 10.4. The molecule has 0 bridgehead atoms. The summed E-state index contributed by atoms with van der Waals surface area (Å²) in [6, 6.07) is 1.89. The van der Waals surface area contributed by atoms with Crippen LogP contribution in [0.1, 0.15) is 19.8 Å². The van der Waals surface area contributed by atoms with Crippen LogP contribution in [0.4, 0.5) is 11.6 Å². The zero-order valence-corrected chi connectivity index (χ0v) is 11.9. The Bertz CT molecular complexity index is 419. The molecular weight excluding hydrogens is 271 g/mol. The molecule has 1 atom stereocenters. The molecule has 1 aliphatic heterocycles. The van der Waals surface area contributed by atoms with E-state index in [1.807, 2.05) is 0 Å². The van der Waals surface area contributed by atoms with Crippen LogP contribution < -0.4 is 11.1 Å². The Morgan fingerprint density at radius 3 is 2.72 bits per heavy atom. The van der Waals surface area contributed by atoms with Gasteiger partial charge < -0.3 is 16.0 Å². The van der Waals surface area contributed by atoms with Gasteiger partial charge in [-0.15, -0.1) is 0 Å². The number of pyridine rings is 1. The molecule has 0 saturated carbocycles. The summed E-state index contributed by atoms with van der Waals surface area (Å²) in [4.78, 5) is 6.61. The molecule has 18 heavy (non-hydrogen) atoms. The first-order valence-corrected chi connectivity index (χ1v) is 6.92. The number of hydrogen-bond acceptors (Lipinski definition) is 4. The fourth-order valence-corrected chi connectivity index (χ4v) is 2.63. The monoisotopic (exact) mass is 288 g/mol. The number of hydrogen-bond donors (Lipinski definition) is 2. The van der Waals surface area contributed by atoms with Crippen LogP contribution in [0.3, 0.4) is 0 Å². The summed E-state index contributed by atoms with van der Waals surface area (Å²) in [6.45, 7) is 5.45. The normalized spacial score (nSPS) is 17.9. The first-order valence-electron chi connectivity index (χ1n) is 6.16. The van der Waals surface area contributed by atoms with Gasteiger partial charge >= 0.3 is 0 Å². The van der Waals surface area contributed by atoms with Crippen molar-refractivity contribution in [1.29, 1.82) is 0 Å². The van der Waals surface area contributed by atoms with Crippen molar-refractivity contribution in [1.82, 2.24) is 9.88 Å². The molecule has 0 spiro atoms. The van der Waals surface area contributed by atoms with Gasteiger partial charge in [0.05, 0.1) is 10.0 Å². The standard InChI is InChI=1S/C12H18Cl2N4/c1-8(7-18-4-2-3-5-18)16-12-10(14)6-9(13)11(15)17-12/h6,8H,2-5,7H2,1H3,(H3,15,16,17). The van der Waals surface area contributed by atoms with E-state index in [9.17, 15) is 0 Å².